The first-order chi connectivity index (χ1) is 14.2. The highest BCUT2D eigenvalue weighted by atomic mass is 19.1. The zero-order valence-corrected chi connectivity index (χ0v) is 18.0. The number of anilines is 3. The third-order valence-corrected chi connectivity index (χ3v) is 4.61. The third-order valence-electron chi connectivity index (χ3n) is 4.61. The van der Waals surface area contributed by atoms with E-state index in [0.29, 0.717) is 12.5 Å². The number of rotatable bonds is 6. The van der Waals surface area contributed by atoms with E-state index in [1.807, 2.05) is 26.8 Å². The third kappa shape index (κ3) is 6.30. The van der Waals surface area contributed by atoms with Gasteiger partial charge in [0.25, 0.3) is 0 Å². The van der Waals surface area contributed by atoms with Crippen LogP contribution in [-0.2, 0) is 11.2 Å². The van der Waals surface area contributed by atoms with E-state index >= 15 is 0 Å². The Balaban J connectivity index is 1.71. The van der Waals surface area contributed by atoms with Gasteiger partial charge in [0, 0.05) is 30.5 Å². The minimum atomic E-state index is -0.523. The molecule has 1 aliphatic rings. The lowest BCUT2D eigenvalue weighted by Crippen LogP contribution is -2.40. The zero-order valence-electron chi connectivity index (χ0n) is 18.0. The van der Waals surface area contributed by atoms with Gasteiger partial charge >= 0.3 is 6.09 Å². The van der Waals surface area contributed by atoms with E-state index in [2.05, 4.69) is 32.4 Å². The largest absolute Gasteiger partial charge is 0.444 e. The Hall–Kier alpha value is -2.90. The summed E-state index contributed by atoms with van der Waals surface area (Å²) >= 11 is 0. The number of benzene rings is 1. The van der Waals surface area contributed by atoms with Crippen LogP contribution in [0, 0.1) is 5.82 Å². The van der Waals surface area contributed by atoms with E-state index in [-0.39, 0.29) is 11.9 Å². The number of ether oxygens (including phenoxy) is 1. The molecule has 1 fully saturated rings. The summed E-state index contributed by atoms with van der Waals surface area (Å²) in [7, 11) is 0. The van der Waals surface area contributed by atoms with Crippen molar-refractivity contribution in [2.45, 2.75) is 58.6 Å². The number of halogens is 1. The van der Waals surface area contributed by atoms with E-state index < -0.39 is 11.7 Å². The lowest BCUT2D eigenvalue weighted by atomic mass is 10.2. The molecule has 2 heterocycles. The van der Waals surface area contributed by atoms with Gasteiger partial charge < -0.3 is 20.3 Å². The summed E-state index contributed by atoms with van der Waals surface area (Å²) in [4.78, 5) is 23.4. The number of aromatic nitrogens is 2. The molecule has 1 amide bonds. The minimum absolute atomic E-state index is 0.00190. The Labute approximate surface area is 177 Å². The molecule has 0 radical (unpaired) electrons. The van der Waals surface area contributed by atoms with Gasteiger partial charge in [0.15, 0.2) is 0 Å². The molecule has 0 aliphatic carbocycles. The normalized spacial score (nSPS) is 16.4. The Morgan fingerprint density at radius 2 is 2.00 bits per heavy atom. The standard InChI is InChI=1S/C22H30FN5O2/c1-5-6-17-13-19(27-20(25-17)24-16-9-7-15(23)8-10-16)28-12-11-18(14-28)26-21(29)30-22(2,3)4/h7-10,13,18H,5-6,11-12,14H2,1-4H3,(H,26,29)(H,24,25,27)/t18-/m0/s1. The number of carbonyl (C=O) groups is 1. The molecule has 3 rings (SSSR count). The predicted molar refractivity (Wildman–Crippen MR) is 116 cm³/mol. The number of alkyl carbamates (subject to hydrolysis) is 1. The van der Waals surface area contributed by atoms with Crippen LogP contribution in [0.2, 0.25) is 0 Å². The van der Waals surface area contributed by atoms with Gasteiger partial charge in [-0.1, -0.05) is 13.3 Å². The fourth-order valence-electron chi connectivity index (χ4n) is 3.31. The highest BCUT2D eigenvalue weighted by Gasteiger charge is 2.27. The first kappa shape index (κ1) is 21.8. The molecule has 7 nitrogen and oxygen atoms in total. The molecule has 0 unspecified atom stereocenters. The Morgan fingerprint density at radius 1 is 1.27 bits per heavy atom. The van der Waals surface area contributed by atoms with Crippen LogP contribution in [0.4, 0.5) is 26.6 Å². The van der Waals surface area contributed by atoms with Gasteiger partial charge in [-0.3, -0.25) is 0 Å². The molecule has 2 aromatic rings. The quantitative estimate of drug-likeness (QED) is 0.727. The monoisotopic (exact) mass is 415 g/mol. The van der Waals surface area contributed by atoms with Crippen molar-refractivity contribution < 1.29 is 13.9 Å². The van der Waals surface area contributed by atoms with Gasteiger partial charge in [-0.2, -0.15) is 4.98 Å². The number of nitrogens with one attached hydrogen (secondary N) is 2. The molecule has 0 saturated carbocycles. The van der Waals surface area contributed by atoms with Crippen molar-refractivity contribution in [3.8, 4) is 0 Å². The highest BCUT2D eigenvalue weighted by molar-refractivity contribution is 5.68. The molecule has 1 atom stereocenters. The molecular weight excluding hydrogens is 385 g/mol. The first-order valence-electron chi connectivity index (χ1n) is 10.4. The first-order valence-corrected chi connectivity index (χ1v) is 10.4. The molecule has 0 bridgehead atoms. The maximum Gasteiger partial charge on any atom is 0.407 e. The van der Waals surface area contributed by atoms with Gasteiger partial charge in [-0.05, 0) is 57.9 Å². The summed E-state index contributed by atoms with van der Waals surface area (Å²) in [5.74, 6) is 1.00. The molecule has 1 aromatic carbocycles. The Kier molecular flexibility index (Phi) is 6.74. The van der Waals surface area contributed by atoms with Crippen LogP contribution in [0.5, 0.6) is 0 Å². The number of aryl methyl sites for hydroxylation is 1. The number of nitrogens with zero attached hydrogens (tertiary/aromatic N) is 3. The smallest absolute Gasteiger partial charge is 0.407 e. The van der Waals surface area contributed by atoms with Crippen molar-refractivity contribution >= 4 is 23.5 Å². The summed E-state index contributed by atoms with van der Waals surface area (Å²) in [5.41, 5.74) is 1.14. The summed E-state index contributed by atoms with van der Waals surface area (Å²) < 4.78 is 18.5. The Bertz CT molecular complexity index is 867. The van der Waals surface area contributed by atoms with Gasteiger partial charge in [0.2, 0.25) is 5.95 Å². The second-order valence-corrected chi connectivity index (χ2v) is 8.50. The molecule has 0 spiro atoms. The molecule has 30 heavy (non-hydrogen) atoms. The maximum absolute atomic E-state index is 13.2. The van der Waals surface area contributed by atoms with Crippen LogP contribution in [-0.4, -0.2) is 40.8 Å². The SMILES string of the molecule is CCCc1cc(N2CC[C@H](NC(=O)OC(C)(C)C)C2)nc(Nc2ccc(F)cc2)n1. The zero-order chi connectivity index (χ0) is 21.7. The van der Waals surface area contributed by atoms with Crippen LogP contribution in [0.25, 0.3) is 0 Å². The second kappa shape index (κ2) is 9.28. The van der Waals surface area contributed by atoms with Crippen LogP contribution >= 0.6 is 0 Å². The predicted octanol–water partition coefficient (Wildman–Crippen LogP) is 4.42. The summed E-state index contributed by atoms with van der Waals surface area (Å²) in [6.45, 7) is 9.07. The molecule has 1 aliphatic heterocycles. The average molecular weight is 416 g/mol. The molecule has 8 heteroatoms. The van der Waals surface area contributed by atoms with Crippen LogP contribution < -0.4 is 15.5 Å². The molecule has 162 valence electrons. The van der Waals surface area contributed by atoms with Gasteiger partial charge in [-0.15, -0.1) is 0 Å². The van der Waals surface area contributed by atoms with Crippen molar-refractivity contribution in [2.75, 3.05) is 23.3 Å². The Morgan fingerprint density at radius 3 is 2.67 bits per heavy atom. The van der Waals surface area contributed by atoms with E-state index in [4.69, 9.17) is 4.74 Å². The number of carbonyl (C=O) groups excluding carboxylic acids is 1. The fraction of sp³-hybridized carbons (Fsp3) is 0.500. The maximum atomic E-state index is 13.2. The average Bonchev–Trinajstić information content (AvgIpc) is 3.10. The van der Waals surface area contributed by atoms with Crippen LogP contribution in [0.1, 0.15) is 46.2 Å². The van der Waals surface area contributed by atoms with Crippen LogP contribution in [0.15, 0.2) is 30.3 Å². The molecule has 1 aromatic heterocycles. The summed E-state index contributed by atoms with van der Waals surface area (Å²) in [6.07, 6.45) is 2.21. The topological polar surface area (TPSA) is 79.4 Å². The lowest BCUT2D eigenvalue weighted by Gasteiger charge is -2.22. The van der Waals surface area contributed by atoms with Crippen molar-refractivity contribution in [3.05, 3.63) is 41.8 Å². The molecular formula is C22H30FN5O2. The van der Waals surface area contributed by atoms with Crippen molar-refractivity contribution in [1.29, 1.82) is 0 Å². The fourth-order valence-corrected chi connectivity index (χ4v) is 3.31. The molecule has 1 saturated heterocycles. The summed E-state index contributed by atoms with van der Waals surface area (Å²) in [5, 5.41) is 6.09. The highest BCUT2D eigenvalue weighted by Crippen LogP contribution is 2.23. The van der Waals surface area contributed by atoms with E-state index in [0.717, 1.165) is 43.0 Å². The second-order valence-electron chi connectivity index (χ2n) is 8.50. The summed E-state index contributed by atoms with van der Waals surface area (Å²) in [6, 6.07) is 8.09. The number of hydrogen-bond donors (Lipinski definition) is 2. The van der Waals surface area contributed by atoms with Gasteiger partial charge in [0.05, 0.1) is 6.04 Å². The van der Waals surface area contributed by atoms with Crippen molar-refractivity contribution in [3.63, 3.8) is 0 Å². The number of hydrogen-bond acceptors (Lipinski definition) is 6. The minimum Gasteiger partial charge on any atom is -0.444 e. The van der Waals surface area contributed by atoms with Crippen molar-refractivity contribution in [2.24, 2.45) is 0 Å². The number of amides is 1. The van der Waals surface area contributed by atoms with E-state index in [9.17, 15) is 9.18 Å². The van der Waals surface area contributed by atoms with Crippen molar-refractivity contribution in [1.82, 2.24) is 15.3 Å². The lowest BCUT2D eigenvalue weighted by molar-refractivity contribution is 0.0509. The van der Waals surface area contributed by atoms with Crippen LogP contribution in [0.3, 0.4) is 0 Å². The van der Waals surface area contributed by atoms with Gasteiger partial charge in [0.1, 0.15) is 17.2 Å². The van der Waals surface area contributed by atoms with Gasteiger partial charge in [-0.25, -0.2) is 14.2 Å². The van der Waals surface area contributed by atoms with E-state index in [1.54, 1.807) is 12.1 Å². The molecule has 2 N–H and O–H groups in total. The van der Waals surface area contributed by atoms with E-state index in [1.165, 1.54) is 12.1 Å².